The van der Waals surface area contributed by atoms with E-state index < -0.39 is 0 Å². The summed E-state index contributed by atoms with van der Waals surface area (Å²) in [5.41, 5.74) is 9.72. The summed E-state index contributed by atoms with van der Waals surface area (Å²) in [7, 11) is 0. The van der Waals surface area contributed by atoms with E-state index >= 15 is 0 Å². The maximum absolute atomic E-state index is 5.64. The second-order valence-corrected chi connectivity index (χ2v) is 4.11. The molecule has 2 rings (SSSR count). The average Bonchev–Trinajstić information content (AvgIpc) is 2.39. The third kappa shape index (κ3) is 2.68. The van der Waals surface area contributed by atoms with Gasteiger partial charge in [0.25, 0.3) is 0 Å². The van der Waals surface area contributed by atoms with Crippen LogP contribution in [0.25, 0.3) is 11.3 Å². The van der Waals surface area contributed by atoms with Crippen LogP contribution >= 0.6 is 0 Å². The highest BCUT2D eigenvalue weighted by atomic mass is 16.5. The molecule has 0 amide bonds. The Labute approximate surface area is 108 Å². The molecule has 3 heteroatoms. The summed E-state index contributed by atoms with van der Waals surface area (Å²) in [4.78, 5) is 4.58. The second kappa shape index (κ2) is 5.65. The minimum Gasteiger partial charge on any atom is -0.494 e. The molecule has 94 valence electrons. The molecule has 1 heterocycles. The van der Waals surface area contributed by atoms with Crippen molar-refractivity contribution in [2.45, 2.75) is 20.4 Å². The molecule has 2 aromatic rings. The number of rotatable bonds is 4. The lowest BCUT2D eigenvalue weighted by Crippen LogP contribution is -2.01. The SMILES string of the molecule is CCOc1cccc(-c2ccc(CN)c(C)n2)c1. The van der Waals surface area contributed by atoms with Gasteiger partial charge in [-0.05, 0) is 37.6 Å². The minimum atomic E-state index is 0.526. The van der Waals surface area contributed by atoms with Gasteiger partial charge in [0.2, 0.25) is 0 Å². The second-order valence-electron chi connectivity index (χ2n) is 4.11. The van der Waals surface area contributed by atoms with E-state index in [0.717, 1.165) is 28.3 Å². The van der Waals surface area contributed by atoms with Gasteiger partial charge >= 0.3 is 0 Å². The zero-order valence-electron chi connectivity index (χ0n) is 10.8. The van der Waals surface area contributed by atoms with Gasteiger partial charge in [-0.15, -0.1) is 0 Å². The van der Waals surface area contributed by atoms with Gasteiger partial charge in [0.05, 0.1) is 12.3 Å². The van der Waals surface area contributed by atoms with Crippen LogP contribution in [0.3, 0.4) is 0 Å². The first-order valence-corrected chi connectivity index (χ1v) is 6.14. The lowest BCUT2D eigenvalue weighted by atomic mass is 10.1. The highest BCUT2D eigenvalue weighted by Crippen LogP contribution is 2.23. The molecular formula is C15H18N2O. The topological polar surface area (TPSA) is 48.1 Å². The Balaban J connectivity index is 2.36. The molecule has 1 aromatic heterocycles. The zero-order chi connectivity index (χ0) is 13.0. The fourth-order valence-electron chi connectivity index (χ4n) is 1.88. The van der Waals surface area contributed by atoms with Crippen LogP contribution in [0, 0.1) is 6.92 Å². The zero-order valence-corrected chi connectivity index (χ0v) is 10.8. The predicted molar refractivity (Wildman–Crippen MR) is 73.5 cm³/mol. The Bertz CT molecular complexity index is 538. The Morgan fingerprint density at radius 3 is 2.72 bits per heavy atom. The molecule has 0 saturated heterocycles. The van der Waals surface area contributed by atoms with Crippen LogP contribution in [0.5, 0.6) is 5.75 Å². The highest BCUT2D eigenvalue weighted by molar-refractivity contribution is 5.61. The van der Waals surface area contributed by atoms with E-state index in [1.165, 1.54) is 0 Å². The van der Waals surface area contributed by atoms with Crippen LogP contribution in [0.2, 0.25) is 0 Å². The van der Waals surface area contributed by atoms with Crippen molar-refractivity contribution in [1.29, 1.82) is 0 Å². The molecule has 1 aromatic carbocycles. The number of pyridine rings is 1. The largest absolute Gasteiger partial charge is 0.494 e. The number of hydrogen-bond acceptors (Lipinski definition) is 3. The first kappa shape index (κ1) is 12.6. The van der Waals surface area contributed by atoms with Crippen LogP contribution in [0.1, 0.15) is 18.2 Å². The molecule has 0 bridgehead atoms. The summed E-state index contributed by atoms with van der Waals surface area (Å²) in [6, 6.07) is 12.0. The molecular weight excluding hydrogens is 224 g/mol. The van der Waals surface area contributed by atoms with Crippen molar-refractivity contribution >= 4 is 0 Å². The van der Waals surface area contributed by atoms with E-state index in [4.69, 9.17) is 10.5 Å². The normalized spacial score (nSPS) is 10.4. The van der Waals surface area contributed by atoms with Crippen molar-refractivity contribution < 1.29 is 4.74 Å². The first-order valence-electron chi connectivity index (χ1n) is 6.14. The van der Waals surface area contributed by atoms with E-state index in [1.54, 1.807) is 0 Å². The summed E-state index contributed by atoms with van der Waals surface area (Å²) in [5.74, 6) is 0.873. The maximum atomic E-state index is 5.64. The summed E-state index contributed by atoms with van der Waals surface area (Å²) in [5, 5.41) is 0. The van der Waals surface area contributed by atoms with Crippen LogP contribution in [0.4, 0.5) is 0 Å². The van der Waals surface area contributed by atoms with Gasteiger partial charge in [-0.1, -0.05) is 18.2 Å². The number of nitrogens with two attached hydrogens (primary N) is 1. The van der Waals surface area contributed by atoms with Gasteiger partial charge in [-0.2, -0.15) is 0 Å². The highest BCUT2D eigenvalue weighted by Gasteiger charge is 2.04. The molecule has 2 N–H and O–H groups in total. The molecule has 0 radical (unpaired) electrons. The summed E-state index contributed by atoms with van der Waals surface area (Å²) in [6.45, 7) is 5.16. The molecule has 0 spiro atoms. The lowest BCUT2D eigenvalue weighted by molar-refractivity contribution is 0.340. The van der Waals surface area contributed by atoms with Crippen molar-refractivity contribution in [3.05, 3.63) is 47.7 Å². The Hall–Kier alpha value is -1.87. The van der Waals surface area contributed by atoms with Gasteiger partial charge in [0, 0.05) is 17.8 Å². The number of aromatic nitrogens is 1. The molecule has 0 atom stereocenters. The number of benzene rings is 1. The number of aryl methyl sites for hydroxylation is 1. The van der Waals surface area contributed by atoms with Crippen molar-refractivity contribution in [2.75, 3.05) is 6.61 Å². The summed E-state index contributed by atoms with van der Waals surface area (Å²) < 4.78 is 5.50. The van der Waals surface area contributed by atoms with E-state index in [0.29, 0.717) is 13.2 Å². The van der Waals surface area contributed by atoms with E-state index in [-0.39, 0.29) is 0 Å². The molecule has 0 aliphatic rings. The van der Waals surface area contributed by atoms with Crippen molar-refractivity contribution in [1.82, 2.24) is 4.98 Å². The third-order valence-electron chi connectivity index (χ3n) is 2.86. The van der Waals surface area contributed by atoms with E-state index in [2.05, 4.69) is 4.98 Å². The molecule has 0 aliphatic heterocycles. The maximum Gasteiger partial charge on any atom is 0.119 e. The summed E-state index contributed by atoms with van der Waals surface area (Å²) >= 11 is 0. The monoisotopic (exact) mass is 242 g/mol. The predicted octanol–water partition coefficient (Wildman–Crippen LogP) is 2.91. The average molecular weight is 242 g/mol. The molecule has 18 heavy (non-hydrogen) atoms. The van der Waals surface area contributed by atoms with E-state index in [9.17, 15) is 0 Å². The smallest absolute Gasteiger partial charge is 0.119 e. The third-order valence-corrected chi connectivity index (χ3v) is 2.86. The molecule has 0 fully saturated rings. The van der Waals surface area contributed by atoms with Crippen molar-refractivity contribution in [3.63, 3.8) is 0 Å². The van der Waals surface area contributed by atoms with E-state index in [1.807, 2.05) is 50.2 Å². The van der Waals surface area contributed by atoms with Gasteiger partial charge in [0.15, 0.2) is 0 Å². The molecule has 0 aliphatic carbocycles. The fourth-order valence-corrected chi connectivity index (χ4v) is 1.88. The van der Waals surface area contributed by atoms with Crippen molar-refractivity contribution in [2.24, 2.45) is 5.73 Å². The van der Waals surface area contributed by atoms with Crippen LogP contribution in [0.15, 0.2) is 36.4 Å². The molecule has 3 nitrogen and oxygen atoms in total. The fraction of sp³-hybridized carbons (Fsp3) is 0.267. The number of nitrogens with zero attached hydrogens (tertiary/aromatic N) is 1. The van der Waals surface area contributed by atoms with Crippen LogP contribution in [-0.2, 0) is 6.54 Å². The van der Waals surface area contributed by atoms with Crippen LogP contribution in [-0.4, -0.2) is 11.6 Å². The Kier molecular flexibility index (Phi) is 3.95. The minimum absolute atomic E-state index is 0.526. The van der Waals surface area contributed by atoms with Crippen LogP contribution < -0.4 is 10.5 Å². The van der Waals surface area contributed by atoms with Gasteiger partial charge < -0.3 is 10.5 Å². The summed E-state index contributed by atoms with van der Waals surface area (Å²) in [6.07, 6.45) is 0. The van der Waals surface area contributed by atoms with Gasteiger partial charge in [-0.3, -0.25) is 4.98 Å². The van der Waals surface area contributed by atoms with Gasteiger partial charge in [0.1, 0.15) is 5.75 Å². The standard InChI is InChI=1S/C15H18N2O/c1-3-18-14-6-4-5-12(9-14)15-8-7-13(10-16)11(2)17-15/h4-9H,3,10,16H2,1-2H3. The number of ether oxygens (including phenoxy) is 1. The lowest BCUT2D eigenvalue weighted by Gasteiger charge is -2.08. The Morgan fingerprint density at radius 1 is 1.22 bits per heavy atom. The number of hydrogen-bond donors (Lipinski definition) is 1. The molecule has 0 saturated carbocycles. The Morgan fingerprint density at radius 2 is 2.06 bits per heavy atom. The van der Waals surface area contributed by atoms with Gasteiger partial charge in [-0.25, -0.2) is 0 Å². The van der Waals surface area contributed by atoms with Crippen molar-refractivity contribution in [3.8, 4) is 17.0 Å². The molecule has 0 unspecified atom stereocenters. The first-order chi connectivity index (χ1) is 8.74. The quantitative estimate of drug-likeness (QED) is 0.896.